The van der Waals surface area contributed by atoms with Crippen LogP contribution >= 0.6 is 0 Å². The highest BCUT2D eigenvalue weighted by Gasteiger charge is 2.18. The summed E-state index contributed by atoms with van der Waals surface area (Å²) in [5.41, 5.74) is 2.02. The van der Waals surface area contributed by atoms with Gasteiger partial charge in [0.05, 0.1) is 21.6 Å². The molecule has 0 radical (unpaired) electrons. The van der Waals surface area contributed by atoms with E-state index < -0.39 is 14.9 Å². The highest BCUT2D eigenvalue weighted by molar-refractivity contribution is 7.92. The number of anilines is 1. The van der Waals surface area contributed by atoms with Crippen LogP contribution in [-0.2, 0) is 10.0 Å². The van der Waals surface area contributed by atoms with Gasteiger partial charge in [0.2, 0.25) is 0 Å². The third-order valence-electron chi connectivity index (χ3n) is 4.34. The molecular formula is C19H14N2O5S. The molecule has 0 spiro atoms. The van der Waals surface area contributed by atoms with Crippen LogP contribution in [0.4, 0.5) is 11.4 Å². The Labute approximate surface area is 154 Å². The van der Waals surface area contributed by atoms with Crippen molar-refractivity contribution in [3.8, 4) is 0 Å². The number of furan rings is 1. The minimum atomic E-state index is -3.80. The van der Waals surface area contributed by atoms with E-state index in [-0.39, 0.29) is 10.6 Å². The summed E-state index contributed by atoms with van der Waals surface area (Å²) in [6.07, 6.45) is 0. The third-order valence-corrected chi connectivity index (χ3v) is 5.70. The van der Waals surface area contributed by atoms with E-state index in [1.54, 1.807) is 24.3 Å². The lowest BCUT2D eigenvalue weighted by Crippen LogP contribution is -2.13. The molecule has 0 fully saturated rings. The number of hydrogen-bond donors (Lipinski definition) is 1. The van der Waals surface area contributed by atoms with Gasteiger partial charge in [-0.15, -0.1) is 0 Å². The van der Waals surface area contributed by atoms with E-state index in [2.05, 4.69) is 4.72 Å². The van der Waals surface area contributed by atoms with Gasteiger partial charge in [-0.2, -0.15) is 0 Å². The number of hydrogen-bond acceptors (Lipinski definition) is 5. The first-order chi connectivity index (χ1) is 12.8. The first-order valence-electron chi connectivity index (χ1n) is 8.04. The van der Waals surface area contributed by atoms with Crippen LogP contribution in [-0.4, -0.2) is 13.3 Å². The summed E-state index contributed by atoms with van der Waals surface area (Å²) in [6.45, 7) is 1.82. The lowest BCUT2D eigenvalue weighted by atomic mass is 10.1. The van der Waals surface area contributed by atoms with Crippen molar-refractivity contribution in [1.29, 1.82) is 0 Å². The van der Waals surface area contributed by atoms with E-state index in [0.29, 0.717) is 27.6 Å². The van der Waals surface area contributed by atoms with Gasteiger partial charge in [0.1, 0.15) is 11.2 Å². The molecule has 4 rings (SSSR count). The van der Waals surface area contributed by atoms with E-state index in [4.69, 9.17) is 4.42 Å². The van der Waals surface area contributed by atoms with Crippen molar-refractivity contribution in [2.75, 3.05) is 4.72 Å². The summed E-state index contributed by atoms with van der Waals surface area (Å²) >= 11 is 0. The molecule has 27 heavy (non-hydrogen) atoms. The molecule has 0 bridgehead atoms. The van der Waals surface area contributed by atoms with Crippen molar-refractivity contribution >= 4 is 43.3 Å². The van der Waals surface area contributed by atoms with Gasteiger partial charge >= 0.3 is 0 Å². The molecule has 0 unspecified atom stereocenters. The molecule has 7 nitrogen and oxygen atoms in total. The van der Waals surface area contributed by atoms with E-state index in [9.17, 15) is 18.5 Å². The van der Waals surface area contributed by atoms with Gasteiger partial charge in [-0.05, 0) is 42.8 Å². The molecule has 0 aliphatic heterocycles. The fraction of sp³-hybridized carbons (Fsp3) is 0.0526. The van der Waals surface area contributed by atoms with Gasteiger partial charge in [-0.1, -0.05) is 18.2 Å². The standard InChI is InChI=1S/C19H14N2O5S/c1-12-4-2-3-5-17(12)20-27(24,25)14-7-9-18-16(11-14)15-8-6-13(21(22)23)10-19(15)26-18/h2-11,20H,1H3. The Morgan fingerprint density at radius 1 is 0.963 bits per heavy atom. The predicted octanol–water partition coefficient (Wildman–Crippen LogP) is 4.60. The average molecular weight is 382 g/mol. The molecule has 0 saturated heterocycles. The van der Waals surface area contributed by atoms with Gasteiger partial charge < -0.3 is 4.42 Å². The van der Waals surface area contributed by atoms with Crippen LogP contribution in [0.1, 0.15) is 5.56 Å². The molecule has 8 heteroatoms. The second-order valence-corrected chi connectivity index (χ2v) is 7.80. The van der Waals surface area contributed by atoms with Crippen LogP contribution in [0, 0.1) is 17.0 Å². The molecule has 0 amide bonds. The Morgan fingerprint density at radius 3 is 2.48 bits per heavy atom. The van der Waals surface area contributed by atoms with Crippen molar-refractivity contribution in [3.05, 3.63) is 76.3 Å². The van der Waals surface area contributed by atoms with Crippen LogP contribution in [0.5, 0.6) is 0 Å². The summed E-state index contributed by atoms with van der Waals surface area (Å²) in [6, 6.07) is 15.8. The second-order valence-electron chi connectivity index (χ2n) is 6.12. The first-order valence-corrected chi connectivity index (χ1v) is 9.53. The van der Waals surface area contributed by atoms with Crippen molar-refractivity contribution in [2.24, 2.45) is 0 Å². The monoisotopic (exact) mass is 382 g/mol. The van der Waals surface area contributed by atoms with Crippen molar-refractivity contribution < 1.29 is 17.8 Å². The maximum absolute atomic E-state index is 12.8. The number of aryl methyl sites for hydroxylation is 1. The third kappa shape index (κ3) is 3.00. The van der Waals surface area contributed by atoms with Crippen molar-refractivity contribution in [3.63, 3.8) is 0 Å². The van der Waals surface area contributed by atoms with E-state index in [1.165, 1.54) is 24.3 Å². The Bertz CT molecular complexity index is 1310. The molecule has 136 valence electrons. The number of nitro groups is 1. The Kier molecular flexibility index (Phi) is 3.85. The fourth-order valence-electron chi connectivity index (χ4n) is 2.92. The smallest absolute Gasteiger partial charge is 0.273 e. The molecule has 0 saturated carbocycles. The number of nitro benzene ring substituents is 1. The SMILES string of the molecule is Cc1ccccc1NS(=O)(=O)c1ccc2oc3cc([N+](=O)[O-])ccc3c2c1. The van der Waals surface area contributed by atoms with Gasteiger partial charge in [0.15, 0.2) is 0 Å². The number of nitrogens with zero attached hydrogens (tertiary/aromatic N) is 1. The predicted molar refractivity (Wildman–Crippen MR) is 102 cm³/mol. The largest absolute Gasteiger partial charge is 0.456 e. The number of non-ortho nitro benzene ring substituents is 1. The fourth-order valence-corrected chi connectivity index (χ4v) is 4.07. The number of sulfonamides is 1. The van der Waals surface area contributed by atoms with Crippen LogP contribution < -0.4 is 4.72 Å². The van der Waals surface area contributed by atoms with E-state index in [0.717, 1.165) is 5.56 Å². The molecular weight excluding hydrogens is 368 g/mol. The highest BCUT2D eigenvalue weighted by Crippen LogP contribution is 2.33. The Balaban J connectivity index is 1.81. The summed E-state index contributed by atoms with van der Waals surface area (Å²) < 4.78 is 33.7. The first kappa shape index (κ1) is 17.0. The number of fused-ring (bicyclic) bond motifs is 3. The zero-order chi connectivity index (χ0) is 19.2. The van der Waals surface area contributed by atoms with Gasteiger partial charge in [0.25, 0.3) is 15.7 Å². The summed E-state index contributed by atoms with van der Waals surface area (Å²) in [5.74, 6) is 0. The molecule has 0 aliphatic rings. The Morgan fingerprint density at radius 2 is 1.74 bits per heavy atom. The highest BCUT2D eigenvalue weighted by atomic mass is 32.2. The lowest BCUT2D eigenvalue weighted by molar-refractivity contribution is -0.384. The Hall–Kier alpha value is -3.39. The maximum Gasteiger partial charge on any atom is 0.273 e. The minimum Gasteiger partial charge on any atom is -0.456 e. The van der Waals surface area contributed by atoms with E-state index in [1.807, 2.05) is 19.1 Å². The molecule has 1 heterocycles. The molecule has 3 aromatic carbocycles. The number of nitrogens with one attached hydrogen (secondary N) is 1. The van der Waals surface area contributed by atoms with Crippen LogP contribution in [0.2, 0.25) is 0 Å². The molecule has 0 aliphatic carbocycles. The lowest BCUT2D eigenvalue weighted by Gasteiger charge is -2.10. The molecule has 0 atom stereocenters. The molecule has 1 aromatic heterocycles. The quantitative estimate of drug-likeness (QED) is 0.410. The summed E-state index contributed by atoms with van der Waals surface area (Å²) in [4.78, 5) is 10.5. The maximum atomic E-state index is 12.8. The zero-order valence-electron chi connectivity index (χ0n) is 14.2. The number of benzene rings is 3. The van der Waals surface area contributed by atoms with Gasteiger partial charge in [0, 0.05) is 16.8 Å². The summed E-state index contributed by atoms with van der Waals surface area (Å²) in [5, 5.41) is 12.1. The minimum absolute atomic E-state index is 0.0827. The second kappa shape index (κ2) is 6.10. The topological polar surface area (TPSA) is 102 Å². The number of para-hydroxylation sites is 1. The van der Waals surface area contributed by atoms with Crippen molar-refractivity contribution in [1.82, 2.24) is 0 Å². The van der Waals surface area contributed by atoms with Gasteiger partial charge in [-0.25, -0.2) is 8.42 Å². The van der Waals surface area contributed by atoms with E-state index >= 15 is 0 Å². The summed E-state index contributed by atoms with van der Waals surface area (Å²) in [7, 11) is -3.80. The van der Waals surface area contributed by atoms with Crippen LogP contribution in [0.3, 0.4) is 0 Å². The van der Waals surface area contributed by atoms with Crippen molar-refractivity contribution in [2.45, 2.75) is 11.8 Å². The van der Waals surface area contributed by atoms with Crippen LogP contribution in [0.15, 0.2) is 70.0 Å². The number of rotatable bonds is 4. The zero-order valence-corrected chi connectivity index (χ0v) is 15.0. The normalized spacial score (nSPS) is 11.7. The van der Waals surface area contributed by atoms with Gasteiger partial charge in [-0.3, -0.25) is 14.8 Å². The van der Waals surface area contributed by atoms with Crippen LogP contribution in [0.25, 0.3) is 21.9 Å². The molecule has 1 N–H and O–H groups in total. The average Bonchev–Trinajstić information content (AvgIpc) is 3.00. The molecule has 4 aromatic rings.